The fourth-order valence-corrected chi connectivity index (χ4v) is 2.37. The van der Waals surface area contributed by atoms with Crippen LogP contribution in [-0.4, -0.2) is 26.7 Å². The van der Waals surface area contributed by atoms with Gasteiger partial charge in [-0.1, -0.05) is 11.6 Å². The summed E-state index contributed by atoms with van der Waals surface area (Å²) in [4.78, 5) is 0. The van der Waals surface area contributed by atoms with E-state index < -0.39 is 0 Å². The van der Waals surface area contributed by atoms with Crippen LogP contribution in [0.2, 0.25) is 5.02 Å². The van der Waals surface area contributed by atoms with Gasteiger partial charge in [-0.3, -0.25) is 9.36 Å². The van der Waals surface area contributed by atoms with Crippen molar-refractivity contribution in [2.75, 3.05) is 7.11 Å². The molecule has 0 aliphatic carbocycles. The number of halogens is 1. The molecule has 0 amide bonds. The molecule has 5 nitrogen and oxygen atoms in total. The van der Waals surface area contributed by atoms with Crippen LogP contribution in [0, 0.1) is 0 Å². The summed E-state index contributed by atoms with van der Waals surface area (Å²) in [5.41, 5.74) is 2.92. The van der Waals surface area contributed by atoms with Gasteiger partial charge in [-0.2, -0.15) is 10.2 Å². The first-order chi connectivity index (χ1) is 10.2. The minimum absolute atomic E-state index is 0.636. The van der Waals surface area contributed by atoms with Crippen LogP contribution in [0.4, 0.5) is 0 Å². The molecule has 3 rings (SSSR count). The van der Waals surface area contributed by atoms with E-state index in [1.165, 1.54) is 0 Å². The summed E-state index contributed by atoms with van der Waals surface area (Å²) in [5, 5.41) is 9.37. The molecule has 0 bridgehead atoms. The number of benzene rings is 1. The van der Waals surface area contributed by atoms with Crippen molar-refractivity contribution in [2.24, 2.45) is 7.05 Å². The number of ether oxygens (including phenoxy) is 1. The Morgan fingerprint density at radius 2 is 2.14 bits per heavy atom. The summed E-state index contributed by atoms with van der Waals surface area (Å²) in [6, 6.07) is 7.55. The first-order valence-electron chi connectivity index (χ1n) is 6.50. The summed E-state index contributed by atoms with van der Waals surface area (Å²) in [5.74, 6) is 0.736. The molecule has 0 radical (unpaired) electrons. The molecular weight excluding hydrogens is 288 g/mol. The first kappa shape index (κ1) is 13.7. The Balaban J connectivity index is 1.88. The third-order valence-electron chi connectivity index (χ3n) is 3.20. The largest absolute Gasteiger partial charge is 0.496 e. The lowest BCUT2D eigenvalue weighted by Crippen LogP contribution is -2.01. The maximum absolute atomic E-state index is 5.99. The summed E-state index contributed by atoms with van der Waals surface area (Å²) < 4.78 is 9.01. The zero-order valence-corrected chi connectivity index (χ0v) is 12.6. The Hall–Kier alpha value is -2.27. The van der Waals surface area contributed by atoms with E-state index in [9.17, 15) is 0 Å². The van der Waals surface area contributed by atoms with Gasteiger partial charge >= 0.3 is 0 Å². The first-order valence-corrected chi connectivity index (χ1v) is 6.88. The molecule has 0 atom stereocenters. The van der Waals surface area contributed by atoms with Crippen LogP contribution < -0.4 is 4.74 Å². The van der Waals surface area contributed by atoms with Gasteiger partial charge in [0.05, 0.1) is 25.5 Å². The van der Waals surface area contributed by atoms with Crippen LogP contribution in [-0.2, 0) is 13.6 Å². The van der Waals surface area contributed by atoms with E-state index in [0.717, 1.165) is 22.6 Å². The minimum atomic E-state index is 0.636. The number of aryl methyl sites for hydroxylation is 1. The fourth-order valence-electron chi connectivity index (χ4n) is 2.21. The molecule has 21 heavy (non-hydrogen) atoms. The van der Waals surface area contributed by atoms with E-state index in [-0.39, 0.29) is 0 Å². The number of nitrogens with zero attached hydrogens (tertiary/aromatic N) is 4. The third kappa shape index (κ3) is 2.92. The molecule has 0 unspecified atom stereocenters. The Morgan fingerprint density at radius 1 is 1.29 bits per heavy atom. The number of hydrogen-bond acceptors (Lipinski definition) is 3. The standard InChI is InChI=1S/C15H15ClN4O/c1-19-6-5-13(18-19)10-20-9-11(8-17-20)14-4-3-12(16)7-15(14)21-2/h3-9H,10H2,1-2H3. The van der Waals surface area contributed by atoms with E-state index in [4.69, 9.17) is 16.3 Å². The second-order valence-electron chi connectivity index (χ2n) is 4.75. The SMILES string of the molecule is COc1cc(Cl)ccc1-c1cnn(Cc2ccn(C)n2)c1. The normalized spacial score (nSPS) is 10.8. The van der Waals surface area contributed by atoms with Crippen molar-refractivity contribution in [1.82, 2.24) is 19.6 Å². The van der Waals surface area contributed by atoms with Gasteiger partial charge in [-0.15, -0.1) is 0 Å². The minimum Gasteiger partial charge on any atom is -0.496 e. The number of aromatic nitrogens is 4. The van der Waals surface area contributed by atoms with Crippen molar-refractivity contribution in [1.29, 1.82) is 0 Å². The molecule has 0 aliphatic heterocycles. The van der Waals surface area contributed by atoms with Crippen LogP contribution in [0.3, 0.4) is 0 Å². The van der Waals surface area contributed by atoms with Gasteiger partial charge in [0.15, 0.2) is 0 Å². The monoisotopic (exact) mass is 302 g/mol. The molecule has 0 N–H and O–H groups in total. The molecule has 2 aromatic heterocycles. The average Bonchev–Trinajstić information content (AvgIpc) is 3.08. The van der Waals surface area contributed by atoms with Gasteiger partial charge < -0.3 is 4.74 Å². The van der Waals surface area contributed by atoms with Crippen molar-refractivity contribution in [3.8, 4) is 16.9 Å². The van der Waals surface area contributed by atoms with Crippen LogP contribution in [0.15, 0.2) is 42.9 Å². The molecule has 108 valence electrons. The molecule has 6 heteroatoms. The van der Waals surface area contributed by atoms with E-state index in [2.05, 4.69) is 10.2 Å². The van der Waals surface area contributed by atoms with Crippen molar-refractivity contribution >= 4 is 11.6 Å². The van der Waals surface area contributed by atoms with E-state index in [0.29, 0.717) is 11.6 Å². The number of rotatable bonds is 4. The van der Waals surface area contributed by atoms with Gasteiger partial charge in [0.2, 0.25) is 0 Å². The highest BCUT2D eigenvalue weighted by atomic mass is 35.5. The predicted molar refractivity (Wildman–Crippen MR) is 81.5 cm³/mol. The number of methoxy groups -OCH3 is 1. The highest BCUT2D eigenvalue weighted by molar-refractivity contribution is 6.30. The molecular formula is C15H15ClN4O. The fraction of sp³-hybridized carbons (Fsp3) is 0.200. The lowest BCUT2D eigenvalue weighted by molar-refractivity contribution is 0.416. The van der Waals surface area contributed by atoms with Gasteiger partial charge in [-0.05, 0) is 24.3 Å². The number of hydrogen-bond donors (Lipinski definition) is 0. The molecule has 0 saturated heterocycles. The lowest BCUT2D eigenvalue weighted by atomic mass is 10.1. The second-order valence-corrected chi connectivity index (χ2v) is 5.19. The zero-order valence-electron chi connectivity index (χ0n) is 11.8. The summed E-state index contributed by atoms with van der Waals surface area (Å²) in [6.07, 6.45) is 5.71. The maximum Gasteiger partial charge on any atom is 0.128 e. The van der Waals surface area contributed by atoms with Crippen molar-refractivity contribution in [3.63, 3.8) is 0 Å². The van der Waals surface area contributed by atoms with Crippen LogP contribution >= 0.6 is 11.6 Å². The average molecular weight is 303 g/mol. The third-order valence-corrected chi connectivity index (χ3v) is 3.44. The molecule has 0 fully saturated rings. The van der Waals surface area contributed by atoms with Crippen molar-refractivity contribution in [3.05, 3.63) is 53.6 Å². The van der Waals surface area contributed by atoms with E-state index in [1.807, 2.05) is 48.5 Å². The van der Waals surface area contributed by atoms with Gasteiger partial charge in [0.25, 0.3) is 0 Å². The molecule has 0 spiro atoms. The van der Waals surface area contributed by atoms with Crippen LogP contribution in [0.25, 0.3) is 11.1 Å². The Labute approximate surface area is 127 Å². The maximum atomic E-state index is 5.99. The van der Waals surface area contributed by atoms with Gasteiger partial charge in [-0.25, -0.2) is 0 Å². The summed E-state index contributed by atoms with van der Waals surface area (Å²) >= 11 is 5.99. The smallest absolute Gasteiger partial charge is 0.128 e. The highest BCUT2D eigenvalue weighted by Gasteiger charge is 2.09. The van der Waals surface area contributed by atoms with Gasteiger partial charge in [0.1, 0.15) is 5.75 Å². The molecule has 2 heterocycles. The highest BCUT2D eigenvalue weighted by Crippen LogP contribution is 2.32. The van der Waals surface area contributed by atoms with E-state index in [1.54, 1.807) is 17.9 Å². The Bertz CT molecular complexity index is 763. The summed E-state index contributed by atoms with van der Waals surface area (Å²) in [7, 11) is 3.53. The molecule has 1 aromatic carbocycles. The topological polar surface area (TPSA) is 44.9 Å². The van der Waals surface area contributed by atoms with Crippen LogP contribution in [0.1, 0.15) is 5.69 Å². The molecule has 3 aromatic rings. The lowest BCUT2D eigenvalue weighted by Gasteiger charge is -2.06. The van der Waals surface area contributed by atoms with Crippen molar-refractivity contribution in [2.45, 2.75) is 6.54 Å². The molecule has 0 saturated carbocycles. The summed E-state index contributed by atoms with van der Waals surface area (Å²) in [6.45, 7) is 0.636. The van der Waals surface area contributed by atoms with Crippen molar-refractivity contribution < 1.29 is 4.74 Å². The Morgan fingerprint density at radius 3 is 2.86 bits per heavy atom. The van der Waals surface area contributed by atoms with E-state index >= 15 is 0 Å². The van der Waals surface area contributed by atoms with Gasteiger partial charge in [0, 0.05) is 35.6 Å². The quantitative estimate of drug-likeness (QED) is 0.744. The van der Waals surface area contributed by atoms with Crippen LogP contribution in [0.5, 0.6) is 5.75 Å². The zero-order chi connectivity index (χ0) is 14.8. The second kappa shape index (κ2) is 5.61. The predicted octanol–water partition coefficient (Wildman–Crippen LogP) is 2.99. The Kier molecular flexibility index (Phi) is 3.66. The molecule has 0 aliphatic rings.